The molecule has 1 atom stereocenters. The second-order valence-electron chi connectivity index (χ2n) is 16.4. The summed E-state index contributed by atoms with van der Waals surface area (Å²) in [7, 11) is -1.40. The average molecular weight is 944 g/mol. The number of halogens is 4. The summed E-state index contributed by atoms with van der Waals surface area (Å²) >= 11 is 0. The van der Waals surface area contributed by atoms with Crippen LogP contribution in [0.1, 0.15) is 80.9 Å². The molecule has 0 saturated carbocycles. The second kappa shape index (κ2) is 21.2. The Morgan fingerprint density at radius 1 is 0.826 bits per heavy atom. The minimum Gasteiger partial charge on any atom is -0.356 e. The van der Waals surface area contributed by atoms with Gasteiger partial charge in [-0.15, -0.1) is 0 Å². The normalized spacial score (nSPS) is 13.1. The monoisotopic (exact) mass is 943 g/mol. The van der Waals surface area contributed by atoms with Crippen LogP contribution >= 0.6 is 0 Å². The highest BCUT2D eigenvalue weighted by atomic mass is 19.4. The minimum absolute atomic E-state index is 0.159. The van der Waals surface area contributed by atoms with Crippen LogP contribution < -0.4 is 31.9 Å². The maximum absolute atomic E-state index is 15.7. The van der Waals surface area contributed by atoms with E-state index >= 15 is 4.32 Å². The minimum atomic E-state index is -4.62. The molecule has 6 N–H and O–H groups in total. The molecule has 15 nitrogen and oxygen atoms in total. The summed E-state index contributed by atoms with van der Waals surface area (Å²) in [6.07, 6.45) is 6.64. The first-order valence-electron chi connectivity index (χ1n) is 21.9. The van der Waals surface area contributed by atoms with Gasteiger partial charge in [0.25, 0.3) is 11.8 Å². The summed E-state index contributed by atoms with van der Waals surface area (Å²) in [5, 5.41) is 16.6. The average Bonchev–Trinajstić information content (AvgIpc) is 3.87. The summed E-state index contributed by atoms with van der Waals surface area (Å²) in [5.74, 6) is -2.37. The maximum Gasteiger partial charge on any atom is 0.846 e. The van der Waals surface area contributed by atoms with Crippen molar-refractivity contribution in [2.75, 3.05) is 27.8 Å². The van der Waals surface area contributed by atoms with Crippen LogP contribution in [0.15, 0.2) is 116 Å². The number of anilines is 5. The smallest absolute Gasteiger partial charge is 0.356 e. The zero-order chi connectivity index (χ0) is 49.4. The largest absolute Gasteiger partial charge is 0.846 e. The van der Waals surface area contributed by atoms with Crippen molar-refractivity contribution in [3.63, 3.8) is 0 Å². The number of alkyl halides is 3. The molecule has 354 valence electrons. The van der Waals surface area contributed by atoms with E-state index in [-0.39, 0.29) is 47.2 Å². The van der Waals surface area contributed by atoms with Crippen LogP contribution in [0.2, 0.25) is 0 Å². The molecule has 2 aliphatic rings. The zero-order valence-corrected chi connectivity index (χ0v) is 37.8. The molecule has 4 heterocycles. The Hall–Kier alpha value is -8.16. The number of aromatic nitrogens is 3. The maximum atomic E-state index is 15.7. The number of nitrogens with one attached hydrogen (secondary N) is 6. The number of unbranched alkanes of at least 4 members (excludes halogenated alkanes) is 1. The first-order chi connectivity index (χ1) is 33.0. The van der Waals surface area contributed by atoms with Gasteiger partial charge in [0, 0.05) is 77.2 Å². The van der Waals surface area contributed by atoms with Crippen molar-refractivity contribution in [1.82, 2.24) is 25.1 Å². The molecule has 0 saturated heterocycles. The summed E-state index contributed by atoms with van der Waals surface area (Å²) in [6, 6.07) is 16.2. The number of amides is 5. The lowest BCUT2D eigenvalue weighted by Crippen LogP contribution is -2.43. The van der Waals surface area contributed by atoms with E-state index < -0.39 is 48.7 Å². The molecule has 1 unspecified atom stereocenters. The molecule has 0 radical (unpaired) electrons. The molecule has 0 spiro atoms. The van der Waals surface area contributed by atoms with Gasteiger partial charge in [-0.05, 0) is 112 Å². The van der Waals surface area contributed by atoms with Gasteiger partial charge in [0.2, 0.25) is 23.7 Å². The Balaban J connectivity index is 0.870. The van der Waals surface area contributed by atoms with Gasteiger partial charge in [-0.25, -0.2) is 18.8 Å². The summed E-state index contributed by atoms with van der Waals surface area (Å²) in [6.45, 7) is 9.33. The summed E-state index contributed by atoms with van der Waals surface area (Å²) < 4.78 is 58.4. The summed E-state index contributed by atoms with van der Waals surface area (Å²) in [4.78, 5) is 73.0. The van der Waals surface area contributed by atoms with E-state index in [1.54, 1.807) is 46.2 Å². The lowest BCUT2D eigenvalue weighted by Gasteiger charge is -2.18. The van der Waals surface area contributed by atoms with Crippen LogP contribution in [-0.4, -0.2) is 74.0 Å². The zero-order valence-electron chi connectivity index (χ0n) is 37.8. The highest BCUT2D eigenvalue weighted by Gasteiger charge is 2.47. The fourth-order valence-electron chi connectivity index (χ4n) is 7.85. The number of carbonyl (C=O) groups is 5. The van der Waals surface area contributed by atoms with E-state index in [9.17, 15) is 37.1 Å². The molecule has 3 aromatic carbocycles. The van der Waals surface area contributed by atoms with E-state index in [4.69, 9.17) is 0 Å². The molecule has 20 heteroatoms. The highest BCUT2D eigenvalue weighted by Crippen LogP contribution is 2.31. The molecular formula is C49H48BF4N10O5+. The van der Waals surface area contributed by atoms with Crippen molar-refractivity contribution in [3.8, 4) is 0 Å². The van der Waals surface area contributed by atoms with Crippen molar-refractivity contribution in [1.29, 1.82) is 0 Å². The van der Waals surface area contributed by atoms with Crippen LogP contribution in [0.3, 0.4) is 0 Å². The lowest BCUT2D eigenvalue weighted by atomic mass is 9.96. The number of hydrogen-bond acceptors (Lipinski definition) is 8. The molecule has 0 fully saturated rings. The van der Waals surface area contributed by atoms with E-state index in [1.807, 2.05) is 38.1 Å². The van der Waals surface area contributed by atoms with Gasteiger partial charge >= 0.3 is 13.4 Å². The van der Waals surface area contributed by atoms with Crippen molar-refractivity contribution in [3.05, 3.63) is 155 Å². The third kappa shape index (κ3) is 12.1. The molecule has 5 amide bonds. The predicted octanol–water partition coefficient (Wildman–Crippen LogP) is 8.03. The topological polar surface area (TPSA) is 191 Å². The van der Waals surface area contributed by atoms with Crippen LogP contribution in [0, 0.1) is 20.8 Å². The quantitative estimate of drug-likeness (QED) is 0.0220. The van der Waals surface area contributed by atoms with Gasteiger partial charge in [-0.1, -0.05) is 24.8 Å². The molecule has 2 aromatic heterocycles. The van der Waals surface area contributed by atoms with Crippen LogP contribution in [0.4, 0.5) is 46.2 Å². The van der Waals surface area contributed by atoms with Gasteiger partial charge in [-0.2, -0.15) is 13.2 Å². The van der Waals surface area contributed by atoms with Crippen LogP contribution in [-0.2, 0) is 20.6 Å². The van der Waals surface area contributed by atoms with Crippen LogP contribution in [0.25, 0.3) is 6.08 Å². The van der Waals surface area contributed by atoms with E-state index in [0.717, 1.165) is 46.9 Å². The fourth-order valence-corrected chi connectivity index (χ4v) is 7.85. The lowest BCUT2D eigenvalue weighted by molar-refractivity contribution is -0.335. The Morgan fingerprint density at radius 2 is 1.55 bits per heavy atom. The van der Waals surface area contributed by atoms with Gasteiger partial charge in [0.15, 0.2) is 11.4 Å². The number of allylic oxidation sites excluding steroid dienone is 2. The fraction of sp³-hybridized carbons (Fsp3) is 0.224. The summed E-state index contributed by atoms with van der Waals surface area (Å²) in [5.41, 5.74) is 5.04. The number of nitrogens with zero attached hydrogens (tertiary/aromatic N) is 4. The number of aryl methyl sites for hydroxylation is 3. The molecule has 0 bridgehead atoms. The van der Waals surface area contributed by atoms with E-state index in [2.05, 4.69) is 48.4 Å². The second-order valence-corrected chi connectivity index (χ2v) is 16.4. The standard InChI is InChI=1S/C49H47BF4N10O5/c1-5-43(65)62-41(14-6-7-21-55-44(66)20-19-38-17-18-39-26-42-30(3)22-31(4)63(42)50(54)64(38)39)47(69)59-34-12-9-13-35(24-34)61-48-56-27-37(28-57-48)60-46(68)40-25-36(16-15-29(40)2)58-45(67)32-10-8-11-33(23-32)49(51,52)53/h5,8-13,15-18,22-28,41H,1,6-7,14,19-21H2,2-4H3,(H5-,55,56,57,58,59,60,61,62,65,66,67,68,69)/p+1. The van der Waals surface area contributed by atoms with E-state index in [0.29, 0.717) is 48.5 Å². The van der Waals surface area contributed by atoms with Crippen molar-refractivity contribution >= 4 is 77.3 Å². The molecule has 5 aromatic rings. The van der Waals surface area contributed by atoms with E-state index in [1.165, 1.54) is 30.6 Å². The van der Waals surface area contributed by atoms with Crippen LogP contribution in [0.5, 0.6) is 0 Å². The highest BCUT2D eigenvalue weighted by molar-refractivity contribution is 6.43. The molecule has 7 rings (SSSR count). The Morgan fingerprint density at radius 3 is 2.30 bits per heavy atom. The molecular weight excluding hydrogens is 895 g/mol. The Labute approximate surface area is 395 Å². The van der Waals surface area contributed by atoms with Gasteiger partial charge < -0.3 is 31.9 Å². The van der Waals surface area contributed by atoms with Crippen molar-refractivity contribution < 1.29 is 45.9 Å². The van der Waals surface area contributed by atoms with Crippen molar-refractivity contribution in [2.24, 2.45) is 0 Å². The van der Waals surface area contributed by atoms with Gasteiger partial charge in [0.1, 0.15) is 6.04 Å². The first-order valence-corrected chi connectivity index (χ1v) is 21.9. The SMILES string of the molecule is C=CC(=O)NC(CCCCNC(=O)CCC1=[N+]2B(F)n3c(C)cc(C)c3C=C2C=C1)C(=O)Nc1cccc(Nc2ncc(NC(=O)c3cc(NC(=O)c4cccc(C(F)(F)F)c4)ccc3C)cn2)c1. The van der Waals surface area contributed by atoms with Gasteiger partial charge in [-0.3, -0.25) is 28.5 Å². The molecule has 69 heavy (non-hydrogen) atoms. The van der Waals surface area contributed by atoms with Gasteiger partial charge in [0.05, 0.1) is 23.6 Å². The number of carbonyl (C=O) groups excluding carboxylic acids is 5. The first kappa shape index (κ1) is 48.8. The number of rotatable bonds is 18. The number of benzene rings is 3. The number of fused-ring (bicyclic) bond motifs is 2. The predicted molar refractivity (Wildman–Crippen MR) is 256 cm³/mol. The Kier molecular flexibility index (Phi) is 15.0. The van der Waals surface area contributed by atoms with Crippen molar-refractivity contribution in [2.45, 2.75) is 65.1 Å². The number of hydrogen-bond donors (Lipinski definition) is 6. The Bertz CT molecular complexity index is 2930. The third-order valence-corrected chi connectivity index (χ3v) is 11.4. The third-order valence-electron chi connectivity index (χ3n) is 11.4. The molecule has 0 aliphatic carbocycles. The molecule has 2 aliphatic heterocycles.